The molecule has 2 aromatic rings. The third kappa shape index (κ3) is 3.21. The maximum Gasteiger partial charge on any atom is 0.270 e. The summed E-state index contributed by atoms with van der Waals surface area (Å²) in [5.74, 6) is -1.11. The molecule has 1 aromatic carbocycles. The first-order valence-corrected chi connectivity index (χ1v) is 7.88. The number of carbonyl (C=O) groups is 3. The highest BCUT2D eigenvalue weighted by Crippen LogP contribution is 2.33. The SMILES string of the molecule is CC(C)c1ccc2c(c1)[C@@H](NC(=O)c1ccc(C(N)=O)cn1)C(=O)N2. The Morgan fingerprint density at radius 2 is 2.00 bits per heavy atom. The molecule has 0 saturated carbocycles. The van der Waals surface area contributed by atoms with Gasteiger partial charge in [0.05, 0.1) is 5.56 Å². The number of benzene rings is 1. The van der Waals surface area contributed by atoms with Crippen LogP contribution in [-0.4, -0.2) is 22.7 Å². The zero-order valence-corrected chi connectivity index (χ0v) is 13.9. The maximum atomic E-state index is 12.4. The van der Waals surface area contributed by atoms with Crippen molar-refractivity contribution in [2.45, 2.75) is 25.8 Å². The Kier molecular flexibility index (Phi) is 4.22. The van der Waals surface area contributed by atoms with Gasteiger partial charge in [0.1, 0.15) is 11.7 Å². The van der Waals surface area contributed by atoms with Crippen LogP contribution in [0.15, 0.2) is 36.5 Å². The Bertz CT molecular complexity index is 859. The third-order valence-corrected chi connectivity index (χ3v) is 4.13. The quantitative estimate of drug-likeness (QED) is 0.787. The van der Waals surface area contributed by atoms with Gasteiger partial charge in [-0.25, -0.2) is 0 Å². The minimum Gasteiger partial charge on any atom is -0.366 e. The van der Waals surface area contributed by atoms with Crippen LogP contribution in [0, 0.1) is 0 Å². The van der Waals surface area contributed by atoms with Crippen LogP contribution in [0.2, 0.25) is 0 Å². The highest BCUT2D eigenvalue weighted by atomic mass is 16.2. The number of rotatable bonds is 4. The summed E-state index contributed by atoms with van der Waals surface area (Å²) < 4.78 is 0. The molecular weight excluding hydrogens is 320 g/mol. The molecule has 1 aliphatic rings. The van der Waals surface area contributed by atoms with E-state index in [1.54, 1.807) is 0 Å². The fraction of sp³-hybridized carbons (Fsp3) is 0.222. The molecule has 7 heteroatoms. The van der Waals surface area contributed by atoms with E-state index >= 15 is 0 Å². The van der Waals surface area contributed by atoms with E-state index in [0.29, 0.717) is 11.6 Å². The van der Waals surface area contributed by atoms with E-state index in [1.807, 2.05) is 18.2 Å². The molecule has 0 spiro atoms. The van der Waals surface area contributed by atoms with Crippen molar-refractivity contribution in [1.29, 1.82) is 0 Å². The van der Waals surface area contributed by atoms with Crippen molar-refractivity contribution in [2.24, 2.45) is 5.73 Å². The number of aromatic nitrogens is 1. The number of anilines is 1. The molecular formula is C18H18N4O3. The summed E-state index contributed by atoms with van der Waals surface area (Å²) in [5, 5.41) is 5.45. The van der Waals surface area contributed by atoms with Gasteiger partial charge >= 0.3 is 0 Å². The lowest BCUT2D eigenvalue weighted by Crippen LogP contribution is -2.33. The molecule has 0 radical (unpaired) electrons. The Hall–Kier alpha value is -3.22. The number of amides is 3. The first kappa shape index (κ1) is 16.6. The number of nitrogens with zero attached hydrogens (tertiary/aromatic N) is 1. The number of carbonyl (C=O) groups excluding carboxylic acids is 3. The summed E-state index contributed by atoms with van der Waals surface area (Å²) >= 11 is 0. The summed E-state index contributed by atoms with van der Waals surface area (Å²) in [7, 11) is 0. The molecule has 3 rings (SSSR count). The van der Waals surface area contributed by atoms with Gasteiger partial charge in [0.2, 0.25) is 5.91 Å². The number of nitrogens with one attached hydrogen (secondary N) is 2. The second-order valence-electron chi connectivity index (χ2n) is 6.19. The van der Waals surface area contributed by atoms with Crippen molar-refractivity contribution in [3.8, 4) is 0 Å². The van der Waals surface area contributed by atoms with Gasteiger partial charge in [-0.1, -0.05) is 26.0 Å². The Balaban J connectivity index is 1.83. The van der Waals surface area contributed by atoms with Crippen LogP contribution < -0.4 is 16.4 Å². The maximum absolute atomic E-state index is 12.4. The zero-order chi connectivity index (χ0) is 18.1. The molecule has 25 heavy (non-hydrogen) atoms. The molecule has 1 atom stereocenters. The van der Waals surface area contributed by atoms with Crippen LogP contribution >= 0.6 is 0 Å². The van der Waals surface area contributed by atoms with E-state index in [9.17, 15) is 14.4 Å². The van der Waals surface area contributed by atoms with Gasteiger partial charge in [-0.15, -0.1) is 0 Å². The first-order chi connectivity index (χ1) is 11.9. The predicted octanol–water partition coefficient (Wildman–Crippen LogP) is 1.73. The van der Waals surface area contributed by atoms with Gasteiger partial charge in [0.15, 0.2) is 0 Å². The summed E-state index contributed by atoms with van der Waals surface area (Å²) in [5.41, 5.74) is 7.97. The number of hydrogen-bond acceptors (Lipinski definition) is 4. The van der Waals surface area contributed by atoms with E-state index < -0.39 is 17.9 Å². The number of pyridine rings is 1. The fourth-order valence-electron chi connectivity index (χ4n) is 2.66. The smallest absolute Gasteiger partial charge is 0.270 e. The lowest BCUT2D eigenvalue weighted by Gasteiger charge is -2.13. The minimum absolute atomic E-state index is 0.103. The summed E-state index contributed by atoms with van der Waals surface area (Å²) in [6.07, 6.45) is 1.23. The molecule has 0 aliphatic carbocycles. The topological polar surface area (TPSA) is 114 Å². The first-order valence-electron chi connectivity index (χ1n) is 7.88. The van der Waals surface area contributed by atoms with Crippen molar-refractivity contribution in [2.75, 3.05) is 5.32 Å². The van der Waals surface area contributed by atoms with Gasteiger partial charge in [-0.05, 0) is 29.7 Å². The van der Waals surface area contributed by atoms with Crippen LogP contribution in [0.1, 0.15) is 57.8 Å². The normalized spacial score (nSPS) is 15.6. The molecule has 1 aliphatic heterocycles. The molecule has 0 saturated heterocycles. The largest absolute Gasteiger partial charge is 0.366 e. The van der Waals surface area contributed by atoms with E-state index in [4.69, 9.17) is 5.73 Å². The van der Waals surface area contributed by atoms with E-state index in [1.165, 1.54) is 18.3 Å². The standard InChI is InChI=1S/C18H18N4O3/c1-9(2)10-3-5-13-12(7-10)15(18(25)21-13)22-17(24)14-6-4-11(8-20-14)16(19)23/h3-9,15H,1-2H3,(H2,19,23)(H,21,25)(H,22,24)/t15-/m1/s1. The van der Waals surface area contributed by atoms with Crippen molar-refractivity contribution >= 4 is 23.4 Å². The molecule has 1 aromatic heterocycles. The molecule has 4 N–H and O–H groups in total. The minimum atomic E-state index is -0.779. The average molecular weight is 338 g/mol. The van der Waals surface area contributed by atoms with E-state index in [0.717, 1.165) is 11.1 Å². The van der Waals surface area contributed by atoms with Gasteiger partial charge < -0.3 is 16.4 Å². The van der Waals surface area contributed by atoms with Crippen molar-refractivity contribution in [3.05, 3.63) is 58.9 Å². The van der Waals surface area contributed by atoms with Crippen LogP contribution in [0.4, 0.5) is 5.69 Å². The van der Waals surface area contributed by atoms with Crippen molar-refractivity contribution < 1.29 is 14.4 Å². The van der Waals surface area contributed by atoms with Gasteiger partial charge in [0.25, 0.3) is 11.8 Å². The van der Waals surface area contributed by atoms with Crippen LogP contribution in [0.5, 0.6) is 0 Å². The van der Waals surface area contributed by atoms with Crippen molar-refractivity contribution in [1.82, 2.24) is 10.3 Å². The van der Waals surface area contributed by atoms with Crippen molar-refractivity contribution in [3.63, 3.8) is 0 Å². The fourth-order valence-corrected chi connectivity index (χ4v) is 2.66. The lowest BCUT2D eigenvalue weighted by molar-refractivity contribution is -0.117. The molecule has 3 amide bonds. The average Bonchev–Trinajstić information content (AvgIpc) is 2.89. The highest BCUT2D eigenvalue weighted by Gasteiger charge is 2.32. The van der Waals surface area contributed by atoms with Crippen LogP contribution in [-0.2, 0) is 4.79 Å². The summed E-state index contributed by atoms with van der Waals surface area (Å²) in [4.78, 5) is 39.6. The Labute approximate surface area is 144 Å². The zero-order valence-electron chi connectivity index (χ0n) is 13.9. The number of primary amides is 1. The predicted molar refractivity (Wildman–Crippen MR) is 92.1 cm³/mol. The van der Waals surface area contributed by atoms with Crippen LogP contribution in [0.3, 0.4) is 0 Å². The molecule has 7 nitrogen and oxygen atoms in total. The molecule has 2 heterocycles. The number of hydrogen-bond donors (Lipinski definition) is 3. The molecule has 0 fully saturated rings. The number of nitrogens with two attached hydrogens (primary N) is 1. The second-order valence-corrected chi connectivity index (χ2v) is 6.19. The Morgan fingerprint density at radius 1 is 1.24 bits per heavy atom. The summed E-state index contributed by atoms with van der Waals surface area (Å²) in [6.45, 7) is 4.12. The van der Waals surface area contributed by atoms with E-state index in [2.05, 4.69) is 29.5 Å². The lowest BCUT2D eigenvalue weighted by atomic mass is 9.98. The monoisotopic (exact) mass is 338 g/mol. The summed E-state index contributed by atoms with van der Waals surface area (Å²) in [6, 6.07) is 7.76. The molecule has 128 valence electrons. The number of fused-ring (bicyclic) bond motifs is 1. The van der Waals surface area contributed by atoms with E-state index in [-0.39, 0.29) is 17.2 Å². The Morgan fingerprint density at radius 3 is 2.60 bits per heavy atom. The van der Waals surface area contributed by atoms with Crippen LogP contribution in [0.25, 0.3) is 0 Å². The van der Waals surface area contributed by atoms with Gasteiger partial charge in [0, 0.05) is 17.4 Å². The van der Waals surface area contributed by atoms with Gasteiger partial charge in [-0.2, -0.15) is 0 Å². The molecule has 0 bridgehead atoms. The van der Waals surface area contributed by atoms with Gasteiger partial charge in [-0.3, -0.25) is 19.4 Å². The molecule has 0 unspecified atom stereocenters. The second kappa shape index (κ2) is 6.35. The third-order valence-electron chi connectivity index (χ3n) is 4.13. The highest BCUT2D eigenvalue weighted by molar-refractivity contribution is 6.06.